The Kier molecular flexibility index (Phi) is 3.80. The predicted molar refractivity (Wildman–Crippen MR) is 89.1 cm³/mol. The third-order valence-corrected chi connectivity index (χ3v) is 6.36. The zero-order valence-corrected chi connectivity index (χ0v) is 13.5. The summed E-state index contributed by atoms with van der Waals surface area (Å²) in [7, 11) is 0. The first-order valence-corrected chi connectivity index (χ1v) is 8.88. The fourth-order valence-corrected chi connectivity index (χ4v) is 5.86. The van der Waals surface area contributed by atoms with Crippen molar-refractivity contribution in [1.29, 1.82) is 0 Å². The molecule has 23 heavy (non-hydrogen) atoms. The van der Waals surface area contributed by atoms with Crippen LogP contribution in [0.3, 0.4) is 0 Å². The fraction of sp³-hybridized carbons (Fsp3) is 0.632. The molecule has 0 heterocycles. The minimum Gasteiger partial charge on any atom is -0.465 e. The number of rotatable bonds is 5. The molecule has 2 atom stereocenters. The molecule has 5 rings (SSSR count). The molecule has 4 bridgehead atoms. The predicted octanol–water partition coefficient (Wildman–Crippen LogP) is 3.24. The Bertz CT molecular complexity index is 558. The van der Waals surface area contributed by atoms with Gasteiger partial charge >= 0.3 is 6.09 Å². The molecule has 4 fully saturated rings. The van der Waals surface area contributed by atoms with E-state index in [1.807, 2.05) is 0 Å². The van der Waals surface area contributed by atoms with E-state index >= 15 is 0 Å². The molecule has 0 radical (unpaired) electrons. The highest BCUT2D eigenvalue weighted by atomic mass is 16.4. The van der Waals surface area contributed by atoms with Crippen molar-refractivity contribution in [2.45, 2.75) is 44.7 Å². The van der Waals surface area contributed by atoms with Crippen LogP contribution in [-0.4, -0.2) is 23.8 Å². The summed E-state index contributed by atoms with van der Waals surface area (Å²) in [6.45, 7) is 2.00. The first-order valence-electron chi connectivity index (χ1n) is 8.88. The lowest BCUT2D eigenvalue weighted by Gasteiger charge is -2.60. The van der Waals surface area contributed by atoms with Crippen LogP contribution in [0.15, 0.2) is 30.3 Å². The highest BCUT2D eigenvalue weighted by Crippen LogP contribution is 2.59. The van der Waals surface area contributed by atoms with Gasteiger partial charge in [-0.05, 0) is 60.8 Å². The molecule has 0 aliphatic heterocycles. The number of nitrogens with one attached hydrogen (secondary N) is 2. The van der Waals surface area contributed by atoms with Gasteiger partial charge in [0.15, 0.2) is 0 Å². The van der Waals surface area contributed by atoms with Crippen LogP contribution < -0.4 is 10.6 Å². The SMILES string of the molecule is O=C(O)NC1C2CC3CC1CC(CNCc1ccccc1)(C3)C2. The molecule has 0 spiro atoms. The molecule has 1 aromatic carbocycles. The number of carboxylic acid groups (broad SMARTS) is 1. The number of benzene rings is 1. The van der Waals surface area contributed by atoms with Crippen LogP contribution in [0, 0.1) is 23.2 Å². The second-order valence-corrected chi connectivity index (χ2v) is 8.03. The van der Waals surface area contributed by atoms with Gasteiger partial charge < -0.3 is 15.7 Å². The lowest BCUT2D eigenvalue weighted by atomic mass is 9.48. The topological polar surface area (TPSA) is 61.4 Å². The molecule has 2 unspecified atom stereocenters. The molecular weight excluding hydrogens is 288 g/mol. The van der Waals surface area contributed by atoms with Gasteiger partial charge in [0.2, 0.25) is 0 Å². The Morgan fingerprint density at radius 1 is 1.13 bits per heavy atom. The van der Waals surface area contributed by atoms with Crippen molar-refractivity contribution in [3.63, 3.8) is 0 Å². The third kappa shape index (κ3) is 2.97. The standard InChI is InChI=1S/C19H26N2O2/c22-18(23)21-17-15-6-14-7-16(17)10-19(8-14,9-15)12-20-11-13-4-2-1-3-5-13/h1-5,14-17,20-21H,6-12H2,(H,22,23). The Balaban J connectivity index is 1.39. The van der Waals surface area contributed by atoms with Crippen LogP contribution in [-0.2, 0) is 6.54 Å². The van der Waals surface area contributed by atoms with Gasteiger partial charge in [0, 0.05) is 19.1 Å². The van der Waals surface area contributed by atoms with Crippen molar-refractivity contribution in [1.82, 2.24) is 10.6 Å². The second-order valence-electron chi connectivity index (χ2n) is 8.03. The van der Waals surface area contributed by atoms with Crippen molar-refractivity contribution in [3.8, 4) is 0 Å². The number of carbonyl (C=O) groups is 1. The van der Waals surface area contributed by atoms with Gasteiger partial charge in [-0.15, -0.1) is 0 Å². The number of hydrogen-bond donors (Lipinski definition) is 3. The van der Waals surface area contributed by atoms with E-state index in [1.54, 1.807) is 0 Å². The molecule has 1 aromatic rings. The lowest BCUT2D eigenvalue weighted by molar-refractivity contribution is -0.0733. The molecule has 4 saturated carbocycles. The lowest BCUT2D eigenvalue weighted by Crippen LogP contribution is -2.60. The van der Waals surface area contributed by atoms with Gasteiger partial charge in [0.1, 0.15) is 0 Å². The normalized spacial score (nSPS) is 37.7. The maximum atomic E-state index is 11.1. The van der Waals surface area contributed by atoms with Crippen molar-refractivity contribution in [2.75, 3.05) is 6.54 Å². The van der Waals surface area contributed by atoms with Crippen molar-refractivity contribution in [2.24, 2.45) is 23.2 Å². The molecule has 4 nitrogen and oxygen atoms in total. The maximum Gasteiger partial charge on any atom is 0.404 e. The van der Waals surface area contributed by atoms with Crippen molar-refractivity contribution in [3.05, 3.63) is 35.9 Å². The fourth-order valence-electron chi connectivity index (χ4n) is 5.86. The summed E-state index contributed by atoms with van der Waals surface area (Å²) in [5.74, 6) is 1.92. The highest BCUT2D eigenvalue weighted by molar-refractivity contribution is 5.65. The first-order chi connectivity index (χ1) is 11.1. The zero-order chi connectivity index (χ0) is 15.9. The molecule has 3 N–H and O–H groups in total. The Morgan fingerprint density at radius 3 is 2.48 bits per heavy atom. The molecular formula is C19H26N2O2. The minimum absolute atomic E-state index is 0.200. The first kappa shape index (κ1) is 15.0. The van der Waals surface area contributed by atoms with Gasteiger partial charge in [-0.2, -0.15) is 0 Å². The summed E-state index contributed by atoms with van der Waals surface area (Å²) in [5.41, 5.74) is 1.74. The van der Waals surface area contributed by atoms with E-state index in [4.69, 9.17) is 5.11 Å². The van der Waals surface area contributed by atoms with E-state index in [-0.39, 0.29) is 6.04 Å². The summed E-state index contributed by atoms with van der Waals surface area (Å²) < 4.78 is 0. The van der Waals surface area contributed by atoms with Crippen molar-refractivity contribution < 1.29 is 9.90 Å². The average Bonchev–Trinajstić information content (AvgIpc) is 2.51. The summed E-state index contributed by atoms with van der Waals surface area (Å²) in [6, 6.07) is 10.8. The molecule has 1 amide bonds. The largest absolute Gasteiger partial charge is 0.465 e. The molecule has 4 aliphatic carbocycles. The summed E-state index contributed by atoms with van der Waals surface area (Å²) in [4.78, 5) is 11.1. The molecule has 0 saturated heterocycles. The average molecular weight is 314 g/mol. The Hall–Kier alpha value is -1.55. The zero-order valence-electron chi connectivity index (χ0n) is 13.5. The third-order valence-electron chi connectivity index (χ3n) is 6.36. The van der Waals surface area contributed by atoms with E-state index in [2.05, 4.69) is 41.0 Å². The quantitative estimate of drug-likeness (QED) is 0.782. The monoisotopic (exact) mass is 314 g/mol. The van der Waals surface area contributed by atoms with E-state index < -0.39 is 6.09 Å². The Labute approximate surface area is 137 Å². The van der Waals surface area contributed by atoms with Crippen LogP contribution in [0.2, 0.25) is 0 Å². The minimum atomic E-state index is -0.848. The van der Waals surface area contributed by atoms with Gasteiger partial charge in [-0.3, -0.25) is 0 Å². The van der Waals surface area contributed by atoms with E-state index in [0.29, 0.717) is 17.3 Å². The number of amides is 1. The maximum absolute atomic E-state index is 11.1. The van der Waals surface area contributed by atoms with E-state index in [0.717, 1.165) is 19.0 Å². The summed E-state index contributed by atoms with van der Waals surface area (Å²) >= 11 is 0. The van der Waals surface area contributed by atoms with E-state index in [9.17, 15) is 4.79 Å². The molecule has 0 aromatic heterocycles. The smallest absolute Gasteiger partial charge is 0.404 e. The summed E-state index contributed by atoms with van der Waals surface area (Å²) in [6.07, 6.45) is 5.31. The van der Waals surface area contributed by atoms with Gasteiger partial charge in [-0.1, -0.05) is 30.3 Å². The van der Waals surface area contributed by atoms with Gasteiger partial charge in [0.25, 0.3) is 0 Å². The van der Waals surface area contributed by atoms with E-state index in [1.165, 1.54) is 37.7 Å². The highest BCUT2D eigenvalue weighted by Gasteiger charge is 2.55. The molecule has 124 valence electrons. The van der Waals surface area contributed by atoms with Crippen molar-refractivity contribution >= 4 is 6.09 Å². The Morgan fingerprint density at radius 2 is 1.83 bits per heavy atom. The molecule has 4 heteroatoms. The molecule has 4 aliphatic rings. The van der Waals surface area contributed by atoms with Gasteiger partial charge in [-0.25, -0.2) is 4.79 Å². The van der Waals surface area contributed by atoms with Crippen LogP contribution in [0.1, 0.15) is 37.7 Å². The second kappa shape index (κ2) is 5.82. The van der Waals surface area contributed by atoms with Crippen LogP contribution in [0.25, 0.3) is 0 Å². The van der Waals surface area contributed by atoms with Crippen LogP contribution in [0.5, 0.6) is 0 Å². The van der Waals surface area contributed by atoms with Gasteiger partial charge in [0.05, 0.1) is 0 Å². The summed E-state index contributed by atoms with van der Waals surface area (Å²) in [5, 5.41) is 15.6. The van der Waals surface area contributed by atoms with Crippen LogP contribution in [0.4, 0.5) is 4.79 Å². The number of hydrogen-bond acceptors (Lipinski definition) is 2. The van der Waals surface area contributed by atoms with Crippen LogP contribution >= 0.6 is 0 Å².